The molecule has 0 saturated heterocycles. The molecule has 0 saturated carbocycles. The van der Waals surface area contributed by atoms with E-state index in [0.29, 0.717) is 12.2 Å². The maximum absolute atomic E-state index is 13.1. The van der Waals surface area contributed by atoms with Gasteiger partial charge in [0.15, 0.2) is 5.82 Å². The van der Waals surface area contributed by atoms with Crippen molar-refractivity contribution in [3.63, 3.8) is 0 Å². The minimum atomic E-state index is -0.834. The zero-order valence-electron chi connectivity index (χ0n) is 13.8. The summed E-state index contributed by atoms with van der Waals surface area (Å²) in [6, 6.07) is 2.01. The fraction of sp³-hybridized carbons (Fsp3) is 0.375. The van der Waals surface area contributed by atoms with E-state index in [2.05, 4.69) is 20.8 Å². The highest BCUT2D eigenvalue weighted by Crippen LogP contribution is 2.08. The highest BCUT2D eigenvalue weighted by molar-refractivity contribution is 5.87. The highest BCUT2D eigenvalue weighted by Gasteiger charge is 2.17. The molecule has 0 radical (unpaired) electrons. The summed E-state index contributed by atoms with van der Waals surface area (Å²) >= 11 is 0. The number of carbonyl (C=O) groups is 2. The van der Waals surface area contributed by atoms with Crippen LogP contribution in [0.5, 0.6) is 0 Å². The molecule has 9 heteroatoms. The molecule has 0 aliphatic rings. The zero-order valence-corrected chi connectivity index (χ0v) is 13.8. The number of hydrogen-bond acceptors (Lipinski definition) is 5. The molecule has 25 heavy (non-hydrogen) atoms. The average Bonchev–Trinajstić information content (AvgIpc) is 2.99. The van der Waals surface area contributed by atoms with E-state index < -0.39 is 29.5 Å². The maximum atomic E-state index is 13.1. The van der Waals surface area contributed by atoms with Gasteiger partial charge < -0.3 is 15.2 Å². The van der Waals surface area contributed by atoms with Gasteiger partial charge in [-0.25, -0.2) is 8.78 Å². The second-order valence-corrected chi connectivity index (χ2v) is 5.42. The van der Waals surface area contributed by atoms with Gasteiger partial charge in [0.25, 0.3) is 0 Å². The lowest BCUT2D eigenvalue weighted by atomic mass is 10.1. The molecule has 0 fully saturated rings. The lowest BCUT2D eigenvalue weighted by Crippen LogP contribution is -2.45. The third kappa shape index (κ3) is 5.63. The molecule has 1 atom stereocenters. The first-order valence-corrected chi connectivity index (χ1v) is 7.71. The number of rotatable bonds is 7. The fourth-order valence-corrected chi connectivity index (χ4v) is 2.08. The number of hydrogen-bond donors (Lipinski definition) is 2. The Hall–Kier alpha value is -2.84. The van der Waals surface area contributed by atoms with Crippen molar-refractivity contribution in [2.45, 2.75) is 39.3 Å². The third-order valence-electron chi connectivity index (χ3n) is 3.30. The summed E-state index contributed by atoms with van der Waals surface area (Å²) in [6.45, 7) is 3.40. The van der Waals surface area contributed by atoms with E-state index in [9.17, 15) is 18.4 Å². The monoisotopic (exact) mass is 352 g/mol. The largest absolute Gasteiger partial charge is 0.345 e. The molecule has 2 N–H and O–H groups in total. The van der Waals surface area contributed by atoms with Crippen LogP contribution >= 0.6 is 0 Å². The lowest BCUT2D eigenvalue weighted by molar-refractivity contribution is -0.128. The van der Waals surface area contributed by atoms with Crippen LogP contribution in [0, 0.1) is 11.6 Å². The third-order valence-corrected chi connectivity index (χ3v) is 3.30. The number of nitrogens with zero attached hydrogens (tertiary/aromatic N) is 2. The molecule has 0 bridgehead atoms. The second kappa shape index (κ2) is 8.32. The smallest absolute Gasteiger partial charge is 0.246 e. The van der Waals surface area contributed by atoms with Crippen molar-refractivity contribution in [3.8, 4) is 0 Å². The van der Waals surface area contributed by atoms with Crippen LogP contribution in [-0.4, -0.2) is 28.0 Å². The Morgan fingerprint density at radius 3 is 2.52 bits per heavy atom. The Labute approximate surface area is 142 Å². The lowest BCUT2D eigenvalue weighted by Gasteiger charge is -2.13. The molecule has 2 aromatic rings. The summed E-state index contributed by atoms with van der Waals surface area (Å²) in [7, 11) is 0. The van der Waals surface area contributed by atoms with E-state index in [4.69, 9.17) is 4.52 Å². The molecular weight excluding hydrogens is 334 g/mol. The van der Waals surface area contributed by atoms with Gasteiger partial charge in [0.2, 0.25) is 17.7 Å². The van der Waals surface area contributed by atoms with Gasteiger partial charge in [-0.15, -0.1) is 0 Å². The molecule has 7 nitrogen and oxygen atoms in total. The van der Waals surface area contributed by atoms with Crippen LogP contribution in [-0.2, 0) is 29.0 Å². The van der Waals surface area contributed by atoms with E-state index in [1.807, 2.05) is 6.92 Å². The molecule has 1 aromatic carbocycles. The maximum Gasteiger partial charge on any atom is 0.246 e. The molecule has 2 rings (SSSR count). The highest BCUT2D eigenvalue weighted by atomic mass is 19.1. The molecule has 0 aliphatic carbocycles. The molecule has 2 amide bonds. The number of aryl methyl sites for hydroxylation is 1. The summed E-state index contributed by atoms with van der Waals surface area (Å²) in [4.78, 5) is 27.9. The van der Waals surface area contributed by atoms with Gasteiger partial charge >= 0.3 is 0 Å². The summed E-state index contributed by atoms with van der Waals surface area (Å²) in [5.41, 5.74) is 0.181. The van der Waals surface area contributed by atoms with Crippen molar-refractivity contribution < 1.29 is 22.9 Å². The van der Waals surface area contributed by atoms with Crippen LogP contribution in [0.25, 0.3) is 0 Å². The van der Waals surface area contributed by atoms with Crippen LogP contribution in [0.15, 0.2) is 22.7 Å². The van der Waals surface area contributed by atoms with Crippen molar-refractivity contribution >= 4 is 11.8 Å². The summed E-state index contributed by atoms with van der Waals surface area (Å²) in [6.07, 6.45) is 0.375. The average molecular weight is 352 g/mol. The number of aromatic nitrogens is 2. The van der Waals surface area contributed by atoms with Gasteiger partial charge in [-0.05, 0) is 24.6 Å². The Kier molecular flexibility index (Phi) is 6.15. The summed E-state index contributed by atoms with van der Waals surface area (Å²) < 4.78 is 31.1. The normalized spacial score (nSPS) is 11.8. The Morgan fingerprint density at radius 1 is 1.24 bits per heavy atom. The van der Waals surface area contributed by atoms with E-state index in [1.165, 1.54) is 6.92 Å². The molecular formula is C16H18F2N4O3. The van der Waals surface area contributed by atoms with Crippen molar-refractivity contribution in [3.05, 3.63) is 47.1 Å². The number of benzene rings is 1. The Bertz CT molecular complexity index is 743. The molecule has 1 heterocycles. The number of halogens is 2. The summed E-state index contributed by atoms with van der Waals surface area (Å²) in [5, 5.41) is 8.71. The summed E-state index contributed by atoms with van der Waals surface area (Å²) in [5.74, 6) is -1.71. The van der Waals surface area contributed by atoms with Gasteiger partial charge in [0.05, 0.1) is 13.0 Å². The van der Waals surface area contributed by atoms with Gasteiger partial charge in [0, 0.05) is 12.5 Å². The standard InChI is InChI=1S/C16H18F2N4O3/c1-3-13-21-15(25-22-13)8-19-16(24)9(2)20-14(23)6-10-4-11(17)7-12(18)5-10/h4-5,7,9H,3,6,8H2,1-2H3,(H,19,24)(H,20,23)/t9-/m0/s1. The Morgan fingerprint density at radius 2 is 1.92 bits per heavy atom. The number of amides is 2. The first-order chi connectivity index (χ1) is 11.9. The first-order valence-electron chi connectivity index (χ1n) is 7.71. The van der Waals surface area contributed by atoms with E-state index in [1.54, 1.807) is 0 Å². The van der Waals surface area contributed by atoms with Gasteiger partial charge in [-0.3, -0.25) is 9.59 Å². The fourth-order valence-electron chi connectivity index (χ4n) is 2.08. The predicted octanol–water partition coefficient (Wildman–Crippen LogP) is 1.27. The van der Waals surface area contributed by atoms with Crippen LogP contribution in [0.4, 0.5) is 8.78 Å². The molecule has 0 unspecified atom stereocenters. The number of nitrogens with one attached hydrogen (secondary N) is 2. The molecule has 0 spiro atoms. The van der Waals surface area contributed by atoms with Gasteiger partial charge in [0.1, 0.15) is 17.7 Å². The van der Waals surface area contributed by atoms with Crippen molar-refractivity contribution in [1.82, 2.24) is 20.8 Å². The van der Waals surface area contributed by atoms with Crippen LogP contribution in [0.2, 0.25) is 0 Å². The van der Waals surface area contributed by atoms with Crippen LogP contribution in [0.3, 0.4) is 0 Å². The number of carbonyl (C=O) groups excluding carboxylic acids is 2. The predicted molar refractivity (Wildman–Crippen MR) is 83.2 cm³/mol. The van der Waals surface area contributed by atoms with Crippen molar-refractivity contribution in [2.75, 3.05) is 0 Å². The minimum absolute atomic E-state index is 0.0428. The zero-order chi connectivity index (χ0) is 18.4. The quantitative estimate of drug-likeness (QED) is 0.782. The van der Waals surface area contributed by atoms with Crippen LogP contribution < -0.4 is 10.6 Å². The first kappa shape index (κ1) is 18.5. The SMILES string of the molecule is CCc1noc(CNC(=O)[C@H](C)NC(=O)Cc2cc(F)cc(F)c2)n1. The molecule has 1 aromatic heterocycles. The van der Waals surface area contributed by atoms with Crippen molar-refractivity contribution in [2.24, 2.45) is 0 Å². The van der Waals surface area contributed by atoms with Gasteiger partial charge in [-0.1, -0.05) is 12.1 Å². The minimum Gasteiger partial charge on any atom is -0.345 e. The topological polar surface area (TPSA) is 97.1 Å². The van der Waals surface area contributed by atoms with E-state index >= 15 is 0 Å². The van der Waals surface area contributed by atoms with Crippen LogP contribution in [0.1, 0.15) is 31.1 Å². The van der Waals surface area contributed by atoms with Crippen molar-refractivity contribution in [1.29, 1.82) is 0 Å². The second-order valence-electron chi connectivity index (χ2n) is 5.42. The Balaban J connectivity index is 1.82. The van der Waals surface area contributed by atoms with Gasteiger partial charge in [-0.2, -0.15) is 4.98 Å². The molecule has 134 valence electrons. The molecule has 0 aliphatic heterocycles. The van der Waals surface area contributed by atoms with E-state index in [0.717, 1.165) is 18.2 Å². The van der Waals surface area contributed by atoms with E-state index in [-0.39, 0.29) is 24.4 Å².